The largest absolute Gasteiger partial charge is 0.390 e. The fraction of sp³-hybridized carbons (Fsp3) is 0.667. The number of benzene rings is 1. The van der Waals surface area contributed by atoms with E-state index in [2.05, 4.69) is 65.7 Å². The number of hydrogen-bond donors (Lipinski definition) is 2. The maximum atomic E-state index is 10.2. The van der Waals surface area contributed by atoms with Gasteiger partial charge in [-0.05, 0) is 62.4 Å². The lowest BCUT2D eigenvalue weighted by Crippen LogP contribution is -2.39. The molecule has 0 bridgehead atoms. The number of likely N-dealkylation sites (N-methyl/N-ethyl adjacent to an activating group) is 1. The number of aliphatic hydroxyl groups is 1. The first-order valence-electron chi connectivity index (χ1n) is 7.86. The molecule has 1 aromatic carbocycles. The molecule has 2 N–H and O–H groups in total. The van der Waals surface area contributed by atoms with Crippen LogP contribution >= 0.6 is 0 Å². The Labute approximate surface area is 130 Å². The van der Waals surface area contributed by atoms with Gasteiger partial charge in [0.05, 0.1) is 6.10 Å². The Hall–Kier alpha value is -1.06. The van der Waals surface area contributed by atoms with E-state index in [9.17, 15) is 5.11 Å². The molecule has 1 atom stereocenters. The maximum Gasteiger partial charge on any atom is 0.0839 e. The van der Waals surface area contributed by atoms with E-state index in [0.717, 1.165) is 0 Å². The van der Waals surface area contributed by atoms with Crippen molar-refractivity contribution in [1.82, 2.24) is 5.32 Å². The Balaban J connectivity index is 2.95. The van der Waals surface area contributed by atoms with Crippen molar-refractivity contribution in [3.63, 3.8) is 0 Å². The molecule has 0 heterocycles. The molecule has 21 heavy (non-hydrogen) atoms. The minimum atomic E-state index is -0.363. The molecule has 0 fully saturated rings. The lowest BCUT2D eigenvalue weighted by Gasteiger charge is -2.29. The first-order valence-corrected chi connectivity index (χ1v) is 7.86. The monoisotopic (exact) mass is 292 g/mol. The van der Waals surface area contributed by atoms with Crippen molar-refractivity contribution in [3.8, 4) is 0 Å². The van der Waals surface area contributed by atoms with E-state index in [-0.39, 0.29) is 6.10 Å². The molecule has 0 aliphatic carbocycles. The highest BCUT2D eigenvalue weighted by atomic mass is 16.3. The summed E-state index contributed by atoms with van der Waals surface area (Å²) in [4.78, 5) is 2.19. The quantitative estimate of drug-likeness (QED) is 0.846. The van der Waals surface area contributed by atoms with Crippen LogP contribution in [-0.4, -0.2) is 37.4 Å². The molecule has 0 spiro atoms. The van der Waals surface area contributed by atoms with Gasteiger partial charge in [-0.2, -0.15) is 0 Å². The van der Waals surface area contributed by atoms with Crippen molar-refractivity contribution >= 4 is 5.69 Å². The first-order chi connectivity index (χ1) is 9.66. The van der Waals surface area contributed by atoms with Gasteiger partial charge < -0.3 is 15.3 Å². The molecule has 1 rings (SSSR count). The van der Waals surface area contributed by atoms with Gasteiger partial charge in [0.2, 0.25) is 0 Å². The van der Waals surface area contributed by atoms with Crippen LogP contribution in [0.5, 0.6) is 0 Å². The SMILES string of the molecule is Cc1c(C)c(C)c(N(C)CC(O)CNC(C)C)c(C)c1C. The second-order valence-corrected chi connectivity index (χ2v) is 6.57. The van der Waals surface area contributed by atoms with Gasteiger partial charge in [-0.25, -0.2) is 0 Å². The van der Waals surface area contributed by atoms with Crippen molar-refractivity contribution < 1.29 is 5.11 Å². The highest BCUT2D eigenvalue weighted by Crippen LogP contribution is 2.32. The Morgan fingerprint density at radius 2 is 1.33 bits per heavy atom. The zero-order chi connectivity index (χ0) is 16.3. The Morgan fingerprint density at radius 1 is 0.905 bits per heavy atom. The number of anilines is 1. The fourth-order valence-corrected chi connectivity index (χ4v) is 2.90. The zero-order valence-corrected chi connectivity index (χ0v) is 15.0. The zero-order valence-electron chi connectivity index (χ0n) is 15.0. The van der Waals surface area contributed by atoms with Crippen LogP contribution in [0.4, 0.5) is 5.69 Å². The van der Waals surface area contributed by atoms with Crippen LogP contribution < -0.4 is 10.2 Å². The van der Waals surface area contributed by atoms with Crippen LogP contribution in [-0.2, 0) is 0 Å². The van der Waals surface area contributed by atoms with Crippen molar-refractivity contribution in [2.45, 2.75) is 60.6 Å². The number of nitrogens with one attached hydrogen (secondary N) is 1. The number of aliphatic hydroxyl groups excluding tert-OH is 1. The third-order valence-corrected chi connectivity index (χ3v) is 4.59. The highest BCUT2D eigenvalue weighted by molar-refractivity contribution is 5.65. The molecular formula is C18H32N2O. The standard InChI is InChI=1S/C18H32N2O/c1-11(2)19-9-17(21)10-20(8)18-15(6)13(4)12(3)14(5)16(18)7/h11,17,19,21H,9-10H2,1-8H3. The molecule has 0 aliphatic heterocycles. The smallest absolute Gasteiger partial charge is 0.0839 e. The fourth-order valence-electron chi connectivity index (χ4n) is 2.90. The van der Waals surface area contributed by atoms with E-state index < -0.39 is 0 Å². The Morgan fingerprint density at radius 3 is 1.76 bits per heavy atom. The summed E-state index contributed by atoms with van der Waals surface area (Å²) in [6, 6.07) is 0.400. The van der Waals surface area contributed by atoms with Crippen LogP contribution in [0.3, 0.4) is 0 Å². The minimum Gasteiger partial charge on any atom is -0.390 e. The summed E-state index contributed by atoms with van der Waals surface area (Å²) >= 11 is 0. The van der Waals surface area contributed by atoms with Crippen LogP contribution in [0, 0.1) is 34.6 Å². The van der Waals surface area contributed by atoms with E-state index in [1.165, 1.54) is 33.5 Å². The lowest BCUT2D eigenvalue weighted by atomic mass is 9.92. The van der Waals surface area contributed by atoms with Crippen molar-refractivity contribution in [3.05, 3.63) is 27.8 Å². The van der Waals surface area contributed by atoms with Gasteiger partial charge in [0.1, 0.15) is 0 Å². The number of rotatable bonds is 6. The molecule has 0 aromatic heterocycles. The summed E-state index contributed by atoms with van der Waals surface area (Å²) < 4.78 is 0. The Kier molecular flexibility index (Phi) is 6.24. The molecule has 0 saturated heterocycles. The van der Waals surface area contributed by atoms with E-state index >= 15 is 0 Å². The second kappa shape index (κ2) is 7.28. The van der Waals surface area contributed by atoms with Crippen LogP contribution in [0.15, 0.2) is 0 Å². The van der Waals surface area contributed by atoms with E-state index in [4.69, 9.17) is 0 Å². The van der Waals surface area contributed by atoms with Gasteiger partial charge in [-0.1, -0.05) is 13.8 Å². The number of hydrogen-bond acceptors (Lipinski definition) is 3. The summed E-state index contributed by atoms with van der Waals surface area (Å²) in [5.74, 6) is 0. The molecular weight excluding hydrogens is 260 g/mol. The molecule has 3 nitrogen and oxygen atoms in total. The van der Waals surface area contributed by atoms with E-state index in [0.29, 0.717) is 19.1 Å². The summed E-state index contributed by atoms with van der Waals surface area (Å²) in [6.45, 7) is 16.4. The normalized spacial score (nSPS) is 12.9. The molecule has 3 heteroatoms. The predicted molar refractivity (Wildman–Crippen MR) is 92.5 cm³/mol. The summed E-state index contributed by atoms with van der Waals surface area (Å²) in [7, 11) is 2.07. The lowest BCUT2D eigenvalue weighted by molar-refractivity contribution is 0.175. The average molecular weight is 292 g/mol. The number of nitrogens with zero attached hydrogens (tertiary/aromatic N) is 1. The molecule has 0 saturated carbocycles. The maximum absolute atomic E-state index is 10.2. The highest BCUT2D eigenvalue weighted by Gasteiger charge is 2.17. The molecule has 0 amide bonds. The third kappa shape index (κ3) is 4.21. The van der Waals surface area contributed by atoms with Crippen molar-refractivity contribution in [2.24, 2.45) is 0 Å². The average Bonchev–Trinajstić information content (AvgIpc) is 2.41. The van der Waals surface area contributed by atoms with Crippen LogP contribution in [0.1, 0.15) is 41.7 Å². The summed E-state index contributed by atoms with van der Waals surface area (Å²) in [5.41, 5.74) is 8.00. The van der Waals surface area contributed by atoms with Crippen LogP contribution in [0.2, 0.25) is 0 Å². The van der Waals surface area contributed by atoms with Gasteiger partial charge in [0, 0.05) is 31.9 Å². The Bertz CT molecular complexity index is 465. The molecule has 1 unspecified atom stereocenters. The minimum absolute atomic E-state index is 0.363. The molecule has 1 aromatic rings. The molecule has 0 aliphatic rings. The molecule has 0 radical (unpaired) electrons. The topological polar surface area (TPSA) is 35.5 Å². The molecule has 120 valence electrons. The van der Waals surface area contributed by atoms with Gasteiger partial charge in [-0.15, -0.1) is 0 Å². The van der Waals surface area contributed by atoms with Gasteiger partial charge in [-0.3, -0.25) is 0 Å². The van der Waals surface area contributed by atoms with Gasteiger partial charge >= 0.3 is 0 Å². The third-order valence-electron chi connectivity index (χ3n) is 4.59. The van der Waals surface area contributed by atoms with Crippen molar-refractivity contribution in [2.75, 3.05) is 25.0 Å². The van der Waals surface area contributed by atoms with Gasteiger partial charge in [0.15, 0.2) is 0 Å². The van der Waals surface area contributed by atoms with E-state index in [1.807, 2.05) is 0 Å². The summed E-state index contributed by atoms with van der Waals surface area (Å²) in [5, 5.41) is 13.5. The van der Waals surface area contributed by atoms with E-state index in [1.54, 1.807) is 0 Å². The second-order valence-electron chi connectivity index (χ2n) is 6.57. The summed E-state index contributed by atoms with van der Waals surface area (Å²) in [6.07, 6.45) is -0.363. The van der Waals surface area contributed by atoms with Crippen LogP contribution in [0.25, 0.3) is 0 Å². The first kappa shape index (κ1) is 18.0. The van der Waals surface area contributed by atoms with Gasteiger partial charge in [0.25, 0.3) is 0 Å². The van der Waals surface area contributed by atoms with Crippen molar-refractivity contribution in [1.29, 1.82) is 0 Å². The predicted octanol–water partition coefficient (Wildman–Crippen LogP) is 3.02.